The van der Waals surface area contributed by atoms with Crippen LogP contribution in [0.2, 0.25) is 0 Å². The number of rotatable bonds is 10. The molecule has 0 bridgehead atoms. The SMILES string of the molecule is CCCCCOCC(=O)NC(CN(C)C)C(C)C. The van der Waals surface area contributed by atoms with E-state index in [1.165, 1.54) is 6.42 Å². The predicted molar refractivity (Wildman–Crippen MR) is 75.7 cm³/mol. The van der Waals surface area contributed by atoms with E-state index >= 15 is 0 Å². The second-order valence-corrected chi connectivity index (χ2v) is 5.44. The van der Waals surface area contributed by atoms with Crippen LogP contribution in [0.3, 0.4) is 0 Å². The molecule has 18 heavy (non-hydrogen) atoms. The molecular formula is C14H30N2O2. The summed E-state index contributed by atoms with van der Waals surface area (Å²) in [4.78, 5) is 13.8. The number of ether oxygens (including phenoxy) is 1. The molecular weight excluding hydrogens is 228 g/mol. The quantitative estimate of drug-likeness (QED) is 0.609. The lowest BCUT2D eigenvalue weighted by Gasteiger charge is -2.25. The third-order valence-electron chi connectivity index (χ3n) is 2.84. The zero-order chi connectivity index (χ0) is 14.0. The van der Waals surface area contributed by atoms with Gasteiger partial charge in [-0.25, -0.2) is 0 Å². The van der Waals surface area contributed by atoms with Gasteiger partial charge in [0.2, 0.25) is 5.91 Å². The Balaban J connectivity index is 3.81. The van der Waals surface area contributed by atoms with Gasteiger partial charge in [0.25, 0.3) is 0 Å². The zero-order valence-corrected chi connectivity index (χ0v) is 12.7. The summed E-state index contributed by atoms with van der Waals surface area (Å²) in [6.07, 6.45) is 3.37. The lowest BCUT2D eigenvalue weighted by atomic mass is 10.0. The van der Waals surface area contributed by atoms with Gasteiger partial charge in [0.15, 0.2) is 0 Å². The molecule has 0 aromatic carbocycles. The second-order valence-electron chi connectivity index (χ2n) is 5.44. The molecule has 0 fully saturated rings. The van der Waals surface area contributed by atoms with Gasteiger partial charge in [-0.3, -0.25) is 4.79 Å². The number of carbonyl (C=O) groups excluding carboxylic acids is 1. The molecule has 0 aromatic rings. The van der Waals surface area contributed by atoms with E-state index in [2.05, 4.69) is 31.0 Å². The highest BCUT2D eigenvalue weighted by Crippen LogP contribution is 2.02. The van der Waals surface area contributed by atoms with E-state index in [9.17, 15) is 4.79 Å². The summed E-state index contributed by atoms with van der Waals surface area (Å²) in [6.45, 7) is 8.12. The molecule has 0 spiro atoms. The summed E-state index contributed by atoms with van der Waals surface area (Å²) in [5.41, 5.74) is 0. The lowest BCUT2D eigenvalue weighted by molar-refractivity contribution is -0.126. The van der Waals surface area contributed by atoms with Gasteiger partial charge >= 0.3 is 0 Å². The summed E-state index contributed by atoms with van der Waals surface area (Å²) >= 11 is 0. The van der Waals surface area contributed by atoms with Crippen molar-refractivity contribution in [2.45, 2.75) is 46.1 Å². The molecule has 1 amide bonds. The Morgan fingerprint density at radius 2 is 1.94 bits per heavy atom. The van der Waals surface area contributed by atoms with Crippen molar-refractivity contribution < 1.29 is 9.53 Å². The maximum atomic E-state index is 11.7. The summed E-state index contributed by atoms with van der Waals surface area (Å²) < 4.78 is 5.36. The minimum absolute atomic E-state index is 0.00736. The van der Waals surface area contributed by atoms with E-state index < -0.39 is 0 Å². The Labute approximate surface area is 112 Å². The van der Waals surface area contributed by atoms with E-state index in [0.717, 1.165) is 19.4 Å². The highest BCUT2D eigenvalue weighted by atomic mass is 16.5. The van der Waals surface area contributed by atoms with Crippen LogP contribution in [0.15, 0.2) is 0 Å². The van der Waals surface area contributed by atoms with Crippen LogP contribution in [-0.2, 0) is 9.53 Å². The number of hydrogen-bond donors (Lipinski definition) is 1. The molecule has 0 radical (unpaired) electrons. The minimum atomic E-state index is -0.00736. The van der Waals surface area contributed by atoms with Gasteiger partial charge in [-0.05, 0) is 26.4 Å². The first-order valence-corrected chi connectivity index (χ1v) is 6.99. The topological polar surface area (TPSA) is 41.6 Å². The number of amides is 1. The molecule has 0 saturated carbocycles. The second kappa shape index (κ2) is 10.3. The number of hydrogen-bond acceptors (Lipinski definition) is 3. The first-order valence-electron chi connectivity index (χ1n) is 6.99. The standard InChI is InChI=1S/C14H30N2O2/c1-6-7-8-9-18-11-14(17)15-13(12(2)3)10-16(4)5/h12-13H,6-11H2,1-5H3,(H,15,17). The van der Waals surface area contributed by atoms with Gasteiger partial charge < -0.3 is 15.0 Å². The smallest absolute Gasteiger partial charge is 0.246 e. The van der Waals surface area contributed by atoms with Gasteiger partial charge in [-0.1, -0.05) is 33.6 Å². The van der Waals surface area contributed by atoms with Crippen LogP contribution in [0.1, 0.15) is 40.0 Å². The Hall–Kier alpha value is -0.610. The highest BCUT2D eigenvalue weighted by molar-refractivity contribution is 5.77. The van der Waals surface area contributed by atoms with Gasteiger partial charge in [0.05, 0.1) is 0 Å². The van der Waals surface area contributed by atoms with E-state index in [4.69, 9.17) is 4.74 Å². The molecule has 1 unspecified atom stereocenters. The normalized spacial score (nSPS) is 13.1. The maximum Gasteiger partial charge on any atom is 0.246 e. The number of unbranched alkanes of at least 4 members (excludes halogenated alkanes) is 2. The predicted octanol–water partition coefficient (Wildman–Crippen LogP) is 1.90. The fourth-order valence-electron chi connectivity index (χ4n) is 1.68. The number of nitrogens with one attached hydrogen (secondary N) is 1. The van der Waals surface area contributed by atoms with Crippen LogP contribution < -0.4 is 5.32 Å². The van der Waals surface area contributed by atoms with Crippen molar-refractivity contribution in [1.82, 2.24) is 10.2 Å². The van der Waals surface area contributed by atoms with Crippen molar-refractivity contribution >= 4 is 5.91 Å². The van der Waals surface area contributed by atoms with Crippen molar-refractivity contribution in [2.75, 3.05) is 33.9 Å². The number of carbonyl (C=O) groups is 1. The molecule has 0 aliphatic carbocycles. The van der Waals surface area contributed by atoms with Crippen molar-refractivity contribution in [3.63, 3.8) is 0 Å². The lowest BCUT2D eigenvalue weighted by Crippen LogP contribution is -2.46. The molecule has 0 saturated heterocycles. The van der Waals surface area contributed by atoms with E-state index in [0.29, 0.717) is 12.5 Å². The Morgan fingerprint density at radius 3 is 2.44 bits per heavy atom. The minimum Gasteiger partial charge on any atom is -0.372 e. The summed E-state index contributed by atoms with van der Waals surface area (Å²) in [6, 6.07) is 0.187. The molecule has 1 N–H and O–H groups in total. The monoisotopic (exact) mass is 258 g/mol. The highest BCUT2D eigenvalue weighted by Gasteiger charge is 2.16. The van der Waals surface area contributed by atoms with Crippen LogP contribution in [0.4, 0.5) is 0 Å². The van der Waals surface area contributed by atoms with Gasteiger partial charge in [-0.15, -0.1) is 0 Å². The third-order valence-corrected chi connectivity index (χ3v) is 2.84. The molecule has 0 heterocycles. The summed E-state index contributed by atoms with van der Waals surface area (Å²) in [7, 11) is 4.03. The Kier molecular flexibility index (Phi) is 9.98. The summed E-state index contributed by atoms with van der Waals surface area (Å²) in [5, 5.41) is 3.03. The zero-order valence-electron chi connectivity index (χ0n) is 12.7. The van der Waals surface area contributed by atoms with Crippen molar-refractivity contribution in [3.8, 4) is 0 Å². The molecule has 0 aliphatic rings. The van der Waals surface area contributed by atoms with Gasteiger partial charge in [0, 0.05) is 19.2 Å². The average Bonchev–Trinajstić information content (AvgIpc) is 2.27. The molecule has 0 aromatic heterocycles. The average molecular weight is 258 g/mol. The van der Waals surface area contributed by atoms with E-state index in [-0.39, 0.29) is 18.6 Å². The fraction of sp³-hybridized carbons (Fsp3) is 0.929. The molecule has 0 rings (SSSR count). The van der Waals surface area contributed by atoms with E-state index in [1.807, 2.05) is 14.1 Å². The maximum absolute atomic E-state index is 11.7. The molecule has 0 aliphatic heterocycles. The third kappa shape index (κ3) is 9.42. The van der Waals surface area contributed by atoms with Crippen LogP contribution in [0.25, 0.3) is 0 Å². The van der Waals surface area contributed by atoms with Crippen molar-refractivity contribution in [1.29, 1.82) is 0 Å². The molecule has 4 heteroatoms. The summed E-state index contributed by atoms with van der Waals surface area (Å²) in [5.74, 6) is 0.420. The van der Waals surface area contributed by atoms with Crippen LogP contribution >= 0.6 is 0 Å². The van der Waals surface area contributed by atoms with Crippen LogP contribution in [0.5, 0.6) is 0 Å². The number of likely N-dealkylation sites (N-methyl/N-ethyl adjacent to an activating group) is 1. The largest absolute Gasteiger partial charge is 0.372 e. The molecule has 4 nitrogen and oxygen atoms in total. The van der Waals surface area contributed by atoms with Gasteiger partial charge in [0.1, 0.15) is 6.61 Å². The molecule has 108 valence electrons. The molecule has 1 atom stereocenters. The van der Waals surface area contributed by atoms with E-state index in [1.54, 1.807) is 0 Å². The van der Waals surface area contributed by atoms with Crippen molar-refractivity contribution in [3.05, 3.63) is 0 Å². The first-order chi connectivity index (χ1) is 8.47. The van der Waals surface area contributed by atoms with Gasteiger partial charge in [-0.2, -0.15) is 0 Å². The van der Waals surface area contributed by atoms with Crippen LogP contribution in [0, 0.1) is 5.92 Å². The van der Waals surface area contributed by atoms with Crippen molar-refractivity contribution in [2.24, 2.45) is 5.92 Å². The Morgan fingerprint density at radius 1 is 1.28 bits per heavy atom. The van der Waals surface area contributed by atoms with Crippen LogP contribution in [-0.4, -0.2) is 50.7 Å². The Bertz CT molecular complexity index is 218. The number of nitrogens with zero attached hydrogens (tertiary/aromatic N) is 1. The first kappa shape index (κ1) is 17.4. The fourth-order valence-corrected chi connectivity index (χ4v) is 1.68.